The Labute approximate surface area is 126 Å². The van der Waals surface area contributed by atoms with E-state index >= 15 is 0 Å². The van der Waals surface area contributed by atoms with Gasteiger partial charge in [0.05, 0.1) is 0 Å². The quantitative estimate of drug-likeness (QED) is 0.684. The van der Waals surface area contributed by atoms with Gasteiger partial charge in [-0.1, -0.05) is 41.5 Å². The van der Waals surface area contributed by atoms with Crippen LogP contribution in [0.25, 0.3) is 0 Å². The van der Waals surface area contributed by atoms with Gasteiger partial charge in [-0.05, 0) is 44.1 Å². The molecule has 1 atom stereocenters. The molecule has 3 heteroatoms. The van der Waals surface area contributed by atoms with Crippen LogP contribution in [0.5, 0.6) is 0 Å². The van der Waals surface area contributed by atoms with E-state index < -0.39 is 0 Å². The van der Waals surface area contributed by atoms with Gasteiger partial charge in [0.15, 0.2) is 0 Å². The molecule has 1 aromatic rings. The number of hydrogen-bond acceptors (Lipinski definition) is 3. The molecule has 0 bridgehead atoms. The van der Waals surface area contributed by atoms with Crippen LogP contribution in [0.1, 0.15) is 38.7 Å². The topological polar surface area (TPSA) is 38.3 Å². The molecule has 1 heterocycles. The van der Waals surface area contributed by atoms with Crippen molar-refractivity contribution in [1.29, 1.82) is 0 Å². The van der Waals surface area contributed by atoms with Gasteiger partial charge in [-0.2, -0.15) is 0 Å². The van der Waals surface area contributed by atoms with Crippen molar-refractivity contribution in [2.75, 3.05) is 6.54 Å². The van der Waals surface area contributed by atoms with Crippen molar-refractivity contribution in [1.82, 2.24) is 5.32 Å². The Bertz CT molecular complexity index is 554. The Morgan fingerprint density at radius 3 is 2.62 bits per heavy atom. The van der Waals surface area contributed by atoms with Crippen molar-refractivity contribution in [2.45, 2.75) is 45.8 Å². The minimum absolute atomic E-state index is 0.113. The molecule has 3 nitrogen and oxygen atoms in total. The van der Waals surface area contributed by atoms with Crippen LogP contribution in [-0.4, -0.2) is 18.6 Å². The van der Waals surface area contributed by atoms with Crippen molar-refractivity contribution in [2.24, 2.45) is 5.41 Å². The number of ether oxygens (including phenoxy) is 1. The van der Waals surface area contributed by atoms with Crippen molar-refractivity contribution in [3.05, 3.63) is 47.0 Å². The van der Waals surface area contributed by atoms with Crippen LogP contribution in [0.3, 0.4) is 0 Å². The van der Waals surface area contributed by atoms with Gasteiger partial charge in [0.1, 0.15) is 12.6 Å². The third-order valence-electron chi connectivity index (χ3n) is 4.73. The minimum atomic E-state index is -0.153. The van der Waals surface area contributed by atoms with Gasteiger partial charge in [-0.15, -0.1) is 0 Å². The van der Waals surface area contributed by atoms with E-state index in [9.17, 15) is 4.79 Å². The molecule has 0 amide bonds. The molecule has 1 aliphatic heterocycles. The fourth-order valence-electron chi connectivity index (χ4n) is 3.36. The van der Waals surface area contributed by atoms with E-state index in [-0.39, 0.29) is 12.0 Å². The maximum atomic E-state index is 12.3. The van der Waals surface area contributed by atoms with E-state index in [4.69, 9.17) is 4.74 Å². The third-order valence-corrected chi connectivity index (χ3v) is 4.73. The second-order valence-electron chi connectivity index (χ2n) is 6.49. The van der Waals surface area contributed by atoms with Crippen LogP contribution < -0.4 is 5.32 Å². The standard InChI is InChI=1S/C18H23NO2/c1-13(2)15-11-19-16(10-18(15)8-9-18)17(20)21-12-14-6-4-3-5-7-14/h3-7,16,19H,8-12H2,1-2H3. The Hall–Kier alpha value is -1.61. The number of benzene rings is 1. The summed E-state index contributed by atoms with van der Waals surface area (Å²) in [7, 11) is 0. The van der Waals surface area contributed by atoms with Crippen molar-refractivity contribution >= 4 is 5.97 Å². The van der Waals surface area contributed by atoms with Gasteiger partial charge in [0, 0.05) is 6.54 Å². The number of carbonyl (C=O) groups excluding carboxylic acids is 1. The molecule has 3 rings (SSSR count). The van der Waals surface area contributed by atoms with Crippen LogP contribution in [-0.2, 0) is 16.1 Å². The van der Waals surface area contributed by atoms with Gasteiger partial charge in [0.25, 0.3) is 0 Å². The van der Waals surface area contributed by atoms with E-state index in [1.165, 1.54) is 24.0 Å². The van der Waals surface area contributed by atoms with Gasteiger partial charge in [-0.25, -0.2) is 0 Å². The summed E-state index contributed by atoms with van der Waals surface area (Å²) < 4.78 is 5.47. The maximum Gasteiger partial charge on any atom is 0.323 e. The molecule has 1 spiro atoms. The van der Waals surface area contributed by atoms with Gasteiger partial charge in [-0.3, -0.25) is 4.79 Å². The highest BCUT2D eigenvalue weighted by Gasteiger charge is 2.51. The highest BCUT2D eigenvalue weighted by molar-refractivity contribution is 5.76. The number of allylic oxidation sites excluding steroid dienone is 1. The molecule has 0 aromatic heterocycles. The molecule has 2 aliphatic rings. The summed E-state index contributed by atoms with van der Waals surface area (Å²) in [5.74, 6) is -0.113. The molecule has 1 saturated carbocycles. The third kappa shape index (κ3) is 3.03. The van der Waals surface area contributed by atoms with E-state index in [1.54, 1.807) is 0 Å². The number of piperidine rings is 1. The van der Waals surface area contributed by atoms with Crippen LogP contribution >= 0.6 is 0 Å². The average molecular weight is 285 g/mol. The molecule has 2 fully saturated rings. The lowest BCUT2D eigenvalue weighted by molar-refractivity contribution is -0.148. The molecular formula is C18H23NO2. The fraction of sp³-hybridized carbons (Fsp3) is 0.500. The second kappa shape index (κ2) is 5.64. The zero-order valence-corrected chi connectivity index (χ0v) is 12.8. The summed E-state index contributed by atoms with van der Waals surface area (Å²) in [5, 5.41) is 3.35. The zero-order chi connectivity index (χ0) is 14.9. The first-order valence-corrected chi connectivity index (χ1v) is 7.71. The monoisotopic (exact) mass is 285 g/mol. The first-order chi connectivity index (χ1) is 10.1. The van der Waals surface area contributed by atoms with E-state index in [0.29, 0.717) is 12.0 Å². The minimum Gasteiger partial charge on any atom is -0.460 e. The molecule has 21 heavy (non-hydrogen) atoms. The highest BCUT2D eigenvalue weighted by Crippen LogP contribution is 2.57. The SMILES string of the molecule is CC(C)=C1CNC(C(=O)OCc2ccccc2)CC12CC2. The average Bonchev–Trinajstić information content (AvgIpc) is 3.25. The normalized spacial score (nSPS) is 23.0. The largest absolute Gasteiger partial charge is 0.460 e. The number of esters is 1. The molecule has 1 unspecified atom stereocenters. The summed E-state index contributed by atoms with van der Waals surface area (Å²) in [6.07, 6.45) is 3.33. The predicted octanol–water partition coefficient (Wildman–Crippen LogP) is 3.21. The van der Waals surface area contributed by atoms with E-state index in [0.717, 1.165) is 18.5 Å². The first kappa shape index (κ1) is 14.3. The molecule has 1 aliphatic carbocycles. The molecule has 1 saturated heterocycles. The van der Waals surface area contributed by atoms with Crippen molar-refractivity contribution in [3.63, 3.8) is 0 Å². The number of nitrogens with one attached hydrogen (secondary N) is 1. The Kier molecular flexibility index (Phi) is 3.85. The van der Waals surface area contributed by atoms with Gasteiger partial charge < -0.3 is 10.1 Å². The molecule has 1 N–H and O–H groups in total. The Morgan fingerprint density at radius 2 is 2.00 bits per heavy atom. The number of rotatable bonds is 3. The Balaban J connectivity index is 1.59. The number of carbonyl (C=O) groups is 1. The van der Waals surface area contributed by atoms with Crippen LogP contribution in [0.2, 0.25) is 0 Å². The second-order valence-corrected chi connectivity index (χ2v) is 6.49. The van der Waals surface area contributed by atoms with E-state index in [2.05, 4.69) is 19.2 Å². The summed E-state index contributed by atoms with van der Waals surface area (Å²) in [6.45, 7) is 5.53. The summed E-state index contributed by atoms with van der Waals surface area (Å²) in [4.78, 5) is 12.3. The molecule has 112 valence electrons. The van der Waals surface area contributed by atoms with Crippen molar-refractivity contribution in [3.8, 4) is 0 Å². The zero-order valence-electron chi connectivity index (χ0n) is 12.8. The van der Waals surface area contributed by atoms with Crippen molar-refractivity contribution < 1.29 is 9.53 Å². The smallest absolute Gasteiger partial charge is 0.323 e. The lowest BCUT2D eigenvalue weighted by atomic mass is 9.82. The number of hydrogen-bond donors (Lipinski definition) is 1. The molecule has 0 radical (unpaired) electrons. The molecular weight excluding hydrogens is 262 g/mol. The lowest BCUT2D eigenvalue weighted by Crippen LogP contribution is -2.46. The van der Waals surface area contributed by atoms with Crippen LogP contribution in [0.4, 0.5) is 0 Å². The van der Waals surface area contributed by atoms with E-state index in [1.807, 2.05) is 30.3 Å². The van der Waals surface area contributed by atoms with Crippen LogP contribution in [0, 0.1) is 5.41 Å². The van der Waals surface area contributed by atoms with Gasteiger partial charge >= 0.3 is 5.97 Å². The maximum absolute atomic E-state index is 12.3. The molecule has 1 aromatic carbocycles. The van der Waals surface area contributed by atoms with Gasteiger partial charge in [0.2, 0.25) is 0 Å². The lowest BCUT2D eigenvalue weighted by Gasteiger charge is -2.32. The first-order valence-electron chi connectivity index (χ1n) is 7.71. The Morgan fingerprint density at radius 1 is 1.29 bits per heavy atom. The summed E-state index contributed by atoms with van der Waals surface area (Å²) >= 11 is 0. The summed E-state index contributed by atoms with van der Waals surface area (Å²) in [5.41, 5.74) is 4.24. The predicted molar refractivity (Wildman–Crippen MR) is 82.7 cm³/mol. The summed E-state index contributed by atoms with van der Waals surface area (Å²) in [6, 6.07) is 9.69. The highest BCUT2D eigenvalue weighted by atomic mass is 16.5. The fourth-order valence-corrected chi connectivity index (χ4v) is 3.36. The van der Waals surface area contributed by atoms with Crippen LogP contribution in [0.15, 0.2) is 41.5 Å².